The first kappa shape index (κ1) is 19.5. The molecular formula is C20H22F3N5O. The van der Waals surface area contributed by atoms with Crippen molar-refractivity contribution in [2.24, 2.45) is 7.05 Å². The maximum absolute atomic E-state index is 13.6. The maximum Gasteiger partial charge on any atom is 0.416 e. The molecule has 2 aromatic heterocycles. The van der Waals surface area contributed by atoms with Crippen LogP contribution in [0.25, 0.3) is 11.0 Å². The molecule has 1 saturated carbocycles. The van der Waals surface area contributed by atoms with Crippen molar-refractivity contribution in [3.63, 3.8) is 0 Å². The van der Waals surface area contributed by atoms with E-state index in [2.05, 4.69) is 20.4 Å². The van der Waals surface area contributed by atoms with Gasteiger partial charge < -0.3 is 5.32 Å². The van der Waals surface area contributed by atoms with Gasteiger partial charge in [0.15, 0.2) is 5.65 Å². The SMILES string of the molecule is Cn1ncc2c(=O)[nH]c(N[C@H]3CCCCC[C@H]3c3ccccc3C(F)(F)F)nc21. The molecule has 0 bridgehead atoms. The van der Waals surface area contributed by atoms with E-state index in [1.165, 1.54) is 16.9 Å². The second-order valence-corrected chi connectivity index (χ2v) is 7.50. The number of aryl methyl sites for hydroxylation is 1. The summed E-state index contributed by atoms with van der Waals surface area (Å²) in [4.78, 5) is 19.4. The average molecular weight is 405 g/mol. The number of fused-ring (bicyclic) bond motifs is 1. The highest BCUT2D eigenvalue weighted by molar-refractivity contribution is 5.74. The topological polar surface area (TPSA) is 75.6 Å². The molecule has 9 heteroatoms. The van der Waals surface area contributed by atoms with Crippen LogP contribution in [0, 0.1) is 0 Å². The molecule has 0 radical (unpaired) electrons. The van der Waals surface area contributed by atoms with E-state index >= 15 is 0 Å². The third kappa shape index (κ3) is 3.86. The quantitative estimate of drug-likeness (QED) is 0.641. The van der Waals surface area contributed by atoms with Crippen molar-refractivity contribution in [3.05, 3.63) is 51.9 Å². The van der Waals surface area contributed by atoms with Crippen LogP contribution < -0.4 is 10.9 Å². The van der Waals surface area contributed by atoms with Gasteiger partial charge in [-0.2, -0.15) is 23.3 Å². The Bertz CT molecular complexity index is 1070. The minimum absolute atomic E-state index is 0.257. The van der Waals surface area contributed by atoms with Gasteiger partial charge in [-0.1, -0.05) is 37.5 Å². The summed E-state index contributed by atoms with van der Waals surface area (Å²) >= 11 is 0. The fourth-order valence-electron chi connectivity index (χ4n) is 4.21. The van der Waals surface area contributed by atoms with E-state index in [9.17, 15) is 18.0 Å². The standard InChI is InChI=1S/C20H22F3N5O/c1-28-17-14(11-24-28)18(29)27-19(26-17)25-16-10-4-2-3-8-13(16)12-7-5-6-9-15(12)20(21,22)23/h5-7,9,11,13,16H,2-4,8,10H2,1H3,(H2,25,26,27,29)/t13-,16-/m0/s1. The molecule has 0 aliphatic heterocycles. The minimum Gasteiger partial charge on any atom is -0.352 e. The number of aromatic nitrogens is 4. The van der Waals surface area contributed by atoms with Crippen LogP contribution >= 0.6 is 0 Å². The lowest BCUT2D eigenvalue weighted by molar-refractivity contribution is -0.138. The van der Waals surface area contributed by atoms with E-state index in [4.69, 9.17) is 0 Å². The van der Waals surface area contributed by atoms with Gasteiger partial charge in [-0.25, -0.2) is 0 Å². The van der Waals surface area contributed by atoms with Gasteiger partial charge in [-0.05, 0) is 24.5 Å². The summed E-state index contributed by atoms with van der Waals surface area (Å²) in [5.74, 6) is -0.0737. The minimum atomic E-state index is -4.41. The second kappa shape index (κ2) is 7.53. The lowest BCUT2D eigenvalue weighted by Crippen LogP contribution is -2.30. The molecule has 1 aromatic carbocycles. The molecule has 0 spiro atoms. The Morgan fingerprint density at radius 3 is 2.72 bits per heavy atom. The number of rotatable bonds is 3. The van der Waals surface area contributed by atoms with Crippen molar-refractivity contribution in [2.75, 3.05) is 5.32 Å². The number of H-pyrrole nitrogens is 1. The van der Waals surface area contributed by atoms with Crippen LogP contribution in [0.3, 0.4) is 0 Å². The van der Waals surface area contributed by atoms with Crippen LogP contribution in [-0.4, -0.2) is 25.8 Å². The van der Waals surface area contributed by atoms with Crippen LogP contribution in [0.4, 0.5) is 19.1 Å². The van der Waals surface area contributed by atoms with Gasteiger partial charge in [0.25, 0.3) is 5.56 Å². The number of halogens is 3. The van der Waals surface area contributed by atoms with Gasteiger partial charge in [0.1, 0.15) is 5.39 Å². The predicted octanol–water partition coefficient (Wildman–Crippen LogP) is 4.20. The lowest BCUT2D eigenvalue weighted by atomic mass is 9.84. The predicted molar refractivity (Wildman–Crippen MR) is 104 cm³/mol. The number of nitrogens with one attached hydrogen (secondary N) is 2. The fraction of sp³-hybridized carbons (Fsp3) is 0.450. The van der Waals surface area contributed by atoms with Gasteiger partial charge in [0.05, 0.1) is 11.8 Å². The van der Waals surface area contributed by atoms with Crippen molar-refractivity contribution >= 4 is 17.0 Å². The van der Waals surface area contributed by atoms with Crippen molar-refractivity contribution in [1.82, 2.24) is 19.7 Å². The summed E-state index contributed by atoms with van der Waals surface area (Å²) in [5, 5.41) is 7.64. The molecule has 154 valence electrons. The van der Waals surface area contributed by atoms with Crippen LogP contribution in [0.1, 0.15) is 49.1 Å². The molecule has 0 unspecified atom stereocenters. The van der Waals surface area contributed by atoms with Gasteiger partial charge >= 0.3 is 6.18 Å². The van der Waals surface area contributed by atoms with E-state index in [1.807, 2.05) is 0 Å². The summed E-state index contributed by atoms with van der Waals surface area (Å²) < 4.78 is 42.3. The van der Waals surface area contributed by atoms with Crippen molar-refractivity contribution in [2.45, 2.75) is 50.2 Å². The Kier molecular flexibility index (Phi) is 5.06. The second-order valence-electron chi connectivity index (χ2n) is 7.50. The first-order chi connectivity index (χ1) is 13.8. The molecule has 4 rings (SSSR count). The first-order valence-corrected chi connectivity index (χ1v) is 9.69. The summed E-state index contributed by atoms with van der Waals surface area (Å²) in [6.07, 6.45) is 1.10. The van der Waals surface area contributed by atoms with Gasteiger partial charge in [-0.3, -0.25) is 14.5 Å². The van der Waals surface area contributed by atoms with E-state index in [-0.39, 0.29) is 23.5 Å². The van der Waals surface area contributed by atoms with E-state index in [1.54, 1.807) is 19.2 Å². The summed E-state index contributed by atoms with van der Waals surface area (Å²) in [5.41, 5.74) is -0.200. The first-order valence-electron chi connectivity index (χ1n) is 9.69. The number of anilines is 1. The zero-order valence-corrected chi connectivity index (χ0v) is 16.0. The number of nitrogens with zero attached hydrogens (tertiary/aromatic N) is 3. The van der Waals surface area contributed by atoms with Gasteiger partial charge in [0.2, 0.25) is 5.95 Å². The maximum atomic E-state index is 13.6. The molecule has 2 heterocycles. The summed E-state index contributed by atoms with van der Waals surface area (Å²) in [6, 6.07) is 5.50. The lowest BCUT2D eigenvalue weighted by Gasteiger charge is -2.29. The molecule has 6 nitrogen and oxygen atoms in total. The molecule has 1 aliphatic carbocycles. The normalized spacial score (nSPS) is 20.6. The van der Waals surface area contributed by atoms with Crippen LogP contribution in [0.15, 0.2) is 35.3 Å². The fourth-order valence-corrected chi connectivity index (χ4v) is 4.21. The summed E-state index contributed by atoms with van der Waals surface area (Å²) in [7, 11) is 1.69. The highest BCUT2D eigenvalue weighted by atomic mass is 19.4. The molecule has 1 fully saturated rings. The third-order valence-electron chi connectivity index (χ3n) is 5.61. The molecule has 2 N–H and O–H groups in total. The van der Waals surface area contributed by atoms with E-state index in [0.717, 1.165) is 25.3 Å². The number of hydrogen-bond acceptors (Lipinski definition) is 4. The zero-order valence-electron chi connectivity index (χ0n) is 16.0. The third-order valence-corrected chi connectivity index (χ3v) is 5.61. The van der Waals surface area contributed by atoms with Crippen LogP contribution in [0.2, 0.25) is 0 Å². The van der Waals surface area contributed by atoms with Gasteiger partial charge in [-0.15, -0.1) is 0 Å². The average Bonchev–Trinajstić information content (AvgIpc) is 2.90. The monoisotopic (exact) mass is 405 g/mol. The van der Waals surface area contributed by atoms with Crippen LogP contribution in [-0.2, 0) is 13.2 Å². The van der Waals surface area contributed by atoms with Crippen molar-refractivity contribution in [1.29, 1.82) is 0 Å². The highest BCUT2D eigenvalue weighted by Crippen LogP contribution is 2.40. The Balaban J connectivity index is 1.72. The molecular weight excluding hydrogens is 383 g/mol. The highest BCUT2D eigenvalue weighted by Gasteiger charge is 2.37. The molecule has 2 atom stereocenters. The molecule has 1 aliphatic rings. The molecule has 0 saturated heterocycles. The Morgan fingerprint density at radius 2 is 1.93 bits per heavy atom. The van der Waals surface area contributed by atoms with Crippen molar-refractivity contribution in [3.8, 4) is 0 Å². The Hall–Kier alpha value is -2.84. The Morgan fingerprint density at radius 1 is 1.17 bits per heavy atom. The number of alkyl halides is 3. The van der Waals surface area contributed by atoms with E-state index in [0.29, 0.717) is 29.4 Å². The molecule has 3 aromatic rings. The summed E-state index contributed by atoms with van der Waals surface area (Å²) in [6.45, 7) is 0. The van der Waals surface area contributed by atoms with Gasteiger partial charge in [0, 0.05) is 19.0 Å². The number of hydrogen-bond donors (Lipinski definition) is 2. The van der Waals surface area contributed by atoms with Crippen molar-refractivity contribution < 1.29 is 13.2 Å². The molecule has 0 amide bonds. The van der Waals surface area contributed by atoms with Crippen LogP contribution in [0.5, 0.6) is 0 Å². The largest absolute Gasteiger partial charge is 0.416 e. The zero-order chi connectivity index (χ0) is 20.6. The number of benzene rings is 1. The Labute approximate surface area is 165 Å². The smallest absolute Gasteiger partial charge is 0.352 e. The van der Waals surface area contributed by atoms with E-state index < -0.39 is 11.7 Å². The molecule has 29 heavy (non-hydrogen) atoms. The number of aromatic amines is 1.